The maximum atomic E-state index is 10.9. The molecule has 0 saturated heterocycles. The lowest BCUT2D eigenvalue weighted by Crippen LogP contribution is -1.95. The van der Waals surface area contributed by atoms with Crippen LogP contribution in [0.15, 0.2) is 12.1 Å². The number of thiol groups is 1. The first-order chi connectivity index (χ1) is 8.26. The van der Waals surface area contributed by atoms with Gasteiger partial charge in [0.15, 0.2) is 17.8 Å². The van der Waals surface area contributed by atoms with Gasteiger partial charge in [0.1, 0.15) is 0 Å². The van der Waals surface area contributed by atoms with Crippen molar-refractivity contribution in [1.82, 2.24) is 0 Å². The lowest BCUT2D eigenvalue weighted by molar-refractivity contribution is 0.112. The van der Waals surface area contributed by atoms with Gasteiger partial charge in [-0.05, 0) is 6.07 Å². The second-order valence-corrected chi connectivity index (χ2v) is 3.63. The number of hydrogen-bond donors (Lipinski definition) is 1. The Morgan fingerprint density at radius 1 is 1.29 bits per heavy atom. The van der Waals surface area contributed by atoms with Crippen LogP contribution in [-0.4, -0.2) is 26.3 Å². The highest BCUT2D eigenvalue weighted by molar-refractivity contribution is 7.80. The van der Waals surface area contributed by atoms with Crippen LogP contribution in [0.2, 0.25) is 0 Å². The van der Waals surface area contributed by atoms with E-state index < -0.39 is 0 Å². The SMILES string of the molecule is COc1cc(C#CCCS)c(C=O)cc1OC. The van der Waals surface area contributed by atoms with E-state index in [0.717, 1.165) is 6.29 Å². The van der Waals surface area contributed by atoms with Crippen LogP contribution in [0.5, 0.6) is 11.5 Å². The van der Waals surface area contributed by atoms with Crippen molar-refractivity contribution in [3.63, 3.8) is 0 Å². The Labute approximate surface area is 107 Å². The van der Waals surface area contributed by atoms with Crippen LogP contribution in [0.1, 0.15) is 22.3 Å². The van der Waals surface area contributed by atoms with Crippen molar-refractivity contribution in [1.29, 1.82) is 0 Å². The molecule has 0 N–H and O–H groups in total. The number of hydrogen-bond acceptors (Lipinski definition) is 4. The van der Waals surface area contributed by atoms with E-state index >= 15 is 0 Å². The molecule has 0 saturated carbocycles. The molecule has 0 amide bonds. The predicted molar refractivity (Wildman–Crippen MR) is 70.3 cm³/mol. The van der Waals surface area contributed by atoms with E-state index in [1.54, 1.807) is 19.2 Å². The van der Waals surface area contributed by atoms with Crippen molar-refractivity contribution >= 4 is 18.9 Å². The lowest BCUT2D eigenvalue weighted by Gasteiger charge is -2.09. The zero-order valence-electron chi connectivity index (χ0n) is 9.82. The first kappa shape index (κ1) is 13.5. The van der Waals surface area contributed by atoms with Gasteiger partial charge in [-0.3, -0.25) is 4.79 Å². The van der Waals surface area contributed by atoms with E-state index in [-0.39, 0.29) is 0 Å². The van der Waals surface area contributed by atoms with Gasteiger partial charge in [0.2, 0.25) is 0 Å². The van der Waals surface area contributed by atoms with Gasteiger partial charge in [-0.25, -0.2) is 0 Å². The van der Waals surface area contributed by atoms with Crippen molar-refractivity contribution < 1.29 is 14.3 Å². The quantitative estimate of drug-likeness (QED) is 0.505. The highest BCUT2D eigenvalue weighted by Crippen LogP contribution is 2.29. The van der Waals surface area contributed by atoms with E-state index in [4.69, 9.17) is 9.47 Å². The molecule has 0 aromatic heterocycles. The summed E-state index contributed by atoms with van der Waals surface area (Å²) in [6.45, 7) is 0. The van der Waals surface area contributed by atoms with Gasteiger partial charge in [-0.2, -0.15) is 12.6 Å². The Bertz CT molecular complexity index is 458. The van der Waals surface area contributed by atoms with E-state index in [9.17, 15) is 4.79 Å². The monoisotopic (exact) mass is 250 g/mol. The molecule has 1 aromatic carbocycles. The highest BCUT2D eigenvalue weighted by atomic mass is 32.1. The van der Waals surface area contributed by atoms with Gasteiger partial charge in [-0.15, -0.1) is 0 Å². The summed E-state index contributed by atoms with van der Waals surface area (Å²) in [6.07, 6.45) is 1.43. The van der Waals surface area contributed by atoms with Gasteiger partial charge >= 0.3 is 0 Å². The van der Waals surface area contributed by atoms with Crippen LogP contribution in [0.4, 0.5) is 0 Å². The fourth-order valence-electron chi connectivity index (χ4n) is 1.31. The van der Waals surface area contributed by atoms with Crippen LogP contribution < -0.4 is 9.47 Å². The Kier molecular flexibility index (Phi) is 5.44. The standard InChI is InChI=1S/C13H14O3S/c1-15-12-7-10(5-3-4-6-17)11(9-14)8-13(12)16-2/h7-9,17H,4,6H2,1-2H3. The van der Waals surface area contributed by atoms with Crippen LogP contribution in [0.25, 0.3) is 0 Å². The first-order valence-corrected chi connectivity index (χ1v) is 5.71. The second-order valence-electron chi connectivity index (χ2n) is 3.19. The molecular formula is C13H14O3S. The molecule has 0 atom stereocenters. The Morgan fingerprint density at radius 2 is 1.94 bits per heavy atom. The predicted octanol–water partition coefficient (Wildman–Crippen LogP) is 2.19. The lowest BCUT2D eigenvalue weighted by atomic mass is 10.1. The number of methoxy groups -OCH3 is 2. The fraction of sp³-hybridized carbons (Fsp3) is 0.308. The molecule has 0 unspecified atom stereocenters. The summed E-state index contributed by atoms with van der Waals surface area (Å²) in [5.74, 6) is 7.64. The normalized spacial score (nSPS) is 9.12. The van der Waals surface area contributed by atoms with E-state index in [1.165, 1.54) is 7.11 Å². The maximum absolute atomic E-state index is 10.9. The van der Waals surface area contributed by atoms with Crippen molar-refractivity contribution in [3.05, 3.63) is 23.3 Å². The van der Waals surface area contributed by atoms with E-state index in [0.29, 0.717) is 34.8 Å². The Balaban J connectivity index is 3.20. The molecule has 0 aliphatic rings. The summed E-state index contributed by atoms with van der Waals surface area (Å²) in [5, 5.41) is 0. The minimum absolute atomic E-state index is 0.495. The number of aldehydes is 1. The average Bonchev–Trinajstić information content (AvgIpc) is 2.38. The van der Waals surface area contributed by atoms with Gasteiger partial charge in [0, 0.05) is 29.4 Å². The summed E-state index contributed by atoms with van der Waals surface area (Å²) in [6, 6.07) is 3.32. The average molecular weight is 250 g/mol. The molecule has 0 fully saturated rings. The van der Waals surface area contributed by atoms with Gasteiger partial charge < -0.3 is 9.47 Å². The molecule has 0 radical (unpaired) electrons. The minimum atomic E-state index is 0.495. The molecular weight excluding hydrogens is 236 g/mol. The third-order valence-corrected chi connectivity index (χ3v) is 2.37. The number of carbonyl (C=O) groups is 1. The zero-order chi connectivity index (χ0) is 12.7. The Hall–Kier alpha value is -1.60. The summed E-state index contributed by atoms with van der Waals surface area (Å²) in [4.78, 5) is 10.9. The van der Waals surface area contributed by atoms with E-state index in [2.05, 4.69) is 24.5 Å². The number of ether oxygens (including phenoxy) is 2. The molecule has 0 aliphatic heterocycles. The van der Waals surface area contributed by atoms with Gasteiger partial charge in [-0.1, -0.05) is 11.8 Å². The molecule has 90 valence electrons. The molecule has 0 heterocycles. The van der Waals surface area contributed by atoms with Crippen molar-refractivity contribution in [2.75, 3.05) is 20.0 Å². The van der Waals surface area contributed by atoms with Crippen LogP contribution in [-0.2, 0) is 0 Å². The molecule has 3 nitrogen and oxygen atoms in total. The van der Waals surface area contributed by atoms with Crippen LogP contribution in [0, 0.1) is 11.8 Å². The largest absolute Gasteiger partial charge is 0.493 e. The van der Waals surface area contributed by atoms with Crippen molar-refractivity contribution in [2.24, 2.45) is 0 Å². The Morgan fingerprint density at radius 3 is 2.47 bits per heavy atom. The van der Waals surface area contributed by atoms with Gasteiger partial charge in [0.25, 0.3) is 0 Å². The van der Waals surface area contributed by atoms with Crippen LogP contribution in [0.3, 0.4) is 0 Å². The molecule has 1 aromatic rings. The number of benzene rings is 1. The van der Waals surface area contributed by atoms with E-state index in [1.807, 2.05) is 0 Å². The first-order valence-electron chi connectivity index (χ1n) is 5.07. The molecule has 0 bridgehead atoms. The molecule has 4 heteroatoms. The smallest absolute Gasteiger partial charge is 0.162 e. The highest BCUT2D eigenvalue weighted by Gasteiger charge is 2.08. The molecule has 0 aliphatic carbocycles. The topological polar surface area (TPSA) is 35.5 Å². The van der Waals surface area contributed by atoms with Gasteiger partial charge in [0.05, 0.1) is 14.2 Å². The molecule has 17 heavy (non-hydrogen) atoms. The maximum Gasteiger partial charge on any atom is 0.162 e. The zero-order valence-corrected chi connectivity index (χ0v) is 10.7. The van der Waals surface area contributed by atoms with Crippen molar-refractivity contribution in [2.45, 2.75) is 6.42 Å². The minimum Gasteiger partial charge on any atom is -0.493 e. The number of rotatable bonds is 4. The third kappa shape index (κ3) is 3.43. The number of carbonyl (C=O) groups excluding carboxylic acids is 1. The van der Waals surface area contributed by atoms with Crippen LogP contribution >= 0.6 is 12.6 Å². The summed E-state index contributed by atoms with van der Waals surface area (Å²) >= 11 is 4.07. The summed E-state index contributed by atoms with van der Waals surface area (Å²) < 4.78 is 10.3. The van der Waals surface area contributed by atoms with Crippen molar-refractivity contribution in [3.8, 4) is 23.3 Å². The molecule has 0 spiro atoms. The molecule has 1 rings (SSSR count). The summed E-state index contributed by atoms with van der Waals surface area (Å²) in [5.41, 5.74) is 1.13. The second kappa shape index (κ2) is 6.87. The summed E-state index contributed by atoms with van der Waals surface area (Å²) in [7, 11) is 3.07. The fourth-order valence-corrected chi connectivity index (χ4v) is 1.43. The third-order valence-electron chi connectivity index (χ3n) is 2.14.